The van der Waals surface area contributed by atoms with Crippen molar-refractivity contribution in [2.75, 3.05) is 0 Å². The molecule has 0 unspecified atom stereocenters. The molecule has 7 nitrogen and oxygen atoms in total. The summed E-state index contributed by atoms with van der Waals surface area (Å²) in [6, 6.07) is 1.67. The standard InChI is InChI=1S/C12H17N5O2/c1-8-4-10(9(2)19-8)5-13-12(18)14-6-11-15-7-16-17(11)3/h4,7H,5-6H2,1-3H3,(H2,13,14,18). The second-order valence-electron chi connectivity index (χ2n) is 4.27. The summed E-state index contributed by atoms with van der Waals surface area (Å²) >= 11 is 0. The van der Waals surface area contributed by atoms with Crippen LogP contribution in [0.2, 0.25) is 0 Å². The second-order valence-corrected chi connectivity index (χ2v) is 4.27. The monoisotopic (exact) mass is 263 g/mol. The normalized spacial score (nSPS) is 10.5. The fourth-order valence-corrected chi connectivity index (χ4v) is 1.74. The molecule has 2 rings (SSSR count). The average Bonchev–Trinajstić information content (AvgIpc) is 2.90. The zero-order chi connectivity index (χ0) is 13.8. The molecular weight excluding hydrogens is 246 g/mol. The molecule has 0 saturated heterocycles. The van der Waals surface area contributed by atoms with Crippen LogP contribution in [0.25, 0.3) is 0 Å². The Kier molecular flexibility index (Phi) is 3.84. The van der Waals surface area contributed by atoms with Crippen molar-refractivity contribution in [2.24, 2.45) is 7.05 Å². The van der Waals surface area contributed by atoms with E-state index in [1.165, 1.54) is 6.33 Å². The van der Waals surface area contributed by atoms with E-state index in [1.54, 1.807) is 11.7 Å². The molecule has 2 aromatic rings. The van der Waals surface area contributed by atoms with Crippen LogP contribution in [0.4, 0.5) is 4.79 Å². The van der Waals surface area contributed by atoms with Crippen LogP contribution in [-0.4, -0.2) is 20.8 Å². The summed E-state index contributed by atoms with van der Waals surface area (Å²) in [7, 11) is 1.78. The number of urea groups is 1. The Bertz CT molecular complexity index is 572. The van der Waals surface area contributed by atoms with Crippen molar-refractivity contribution in [1.29, 1.82) is 0 Å². The molecule has 0 aliphatic heterocycles. The highest BCUT2D eigenvalue weighted by Crippen LogP contribution is 2.12. The average molecular weight is 263 g/mol. The van der Waals surface area contributed by atoms with Crippen LogP contribution in [0.3, 0.4) is 0 Å². The Labute approximate surface area is 111 Å². The fraction of sp³-hybridized carbons (Fsp3) is 0.417. The van der Waals surface area contributed by atoms with E-state index in [9.17, 15) is 4.79 Å². The van der Waals surface area contributed by atoms with Crippen LogP contribution in [-0.2, 0) is 20.1 Å². The van der Waals surface area contributed by atoms with Crippen LogP contribution in [0.15, 0.2) is 16.8 Å². The van der Waals surface area contributed by atoms with Gasteiger partial charge in [0.15, 0.2) is 0 Å². The smallest absolute Gasteiger partial charge is 0.315 e. The number of rotatable bonds is 4. The number of furan rings is 1. The molecule has 2 heterocycles. The lowest BCUT2D eigenvalue weighted by Gasteiger charge is -2.06. The quantitative estimate of drug-likeness (QED) is 0.862. The van der Waals surface area contributed by atoms with Gasteiger partial charge < -0.3 is 15.1 Å². The van der Waals surface area contributed by atoms with Crippen molar-refractivity contribution in [3.8, 4) is 0 Å². The molecule has 0 radical (unpaired) electrons. The molecule has 2 aromatic heterocycles. The van der Waals surface area contributed by atoms with Gasteiger partial charge in [-0.25, -0.2) is 9.78 Å². The van der Waals surface area contributed by atoms with E-state index in [-0.39, 0.29) is 6.03 Å². The molecule has 0 saturated carbocycles. The number of carbonyl (C=O) groups excluding carboxylic acids is 1. The summed E-state index contributed by atoms with van der Waals surface area (Å²) in [6.07, 6.45) is 1.45. The predicted molar refractivity (Wildman–Crippen MR) is 68.3 cm³/mol. The van der Waals surface area contributed by atoms with Gasteiger partial charge in [0.2, 0.25) is 0 Å². The second kappa shape index (κ2) is 5.55. The SMILES string of the molecule is Cc1cc(CNC(=O)NCc2ncnn2C)c(C)o1. The van der Waals surface area contributed by atoms with Crippen LogP contribution < -0.4 is 10.6 Å². The molecule has 0 atom stereocenters. The lowest BCUT2D eigenvalue weighted by molar-refractivity contribution is 0.239. The molecule has 0 fully saturated rings. The number of amides is 2. The van der Waals surface area contributed by atoms with Gasteiger partial charge in [0.25, 0.3) is 0 Å². The molecular formula is C12H17N5O2. The van der Waals surface area contributed by atoms with E-state index in [2.05, 4.69) is 20.7 Å². The number of hydrogen-bond acceptors (Lipinski definition) is 4. The third-order valence-electron chi connectivity index (χ3n) is 2.80. The number of carbonyl (C=O) groups is 1. The predicted octanol–water partition coefficient (Wildman–Crippen LogP) is 1.02. The number of aryl methyl sites for hydroxylation is 3. The Morgan fingerprint density at radius 1 is 1.37 bits per heavy atom. The summed E-state index contributed by atoms with van der Waals surface area (Å²) in [6.45, 7) is 4.53. The van der Waals surface area contributed by atoms with Crippen molar-refractivity contribution >= 4 is 6.03 Å². The van der Waals surface area contributed by atoms with E-state index >= 15 is 0 Å². The van der Waals surface area contributed by atoms with Gasteiger partial charge in [-0.05, 0) is 19.9 Å². The highest BCUT2D eigenvalue weighted by molar-refractivity contribution is 5.73. The van der Waals surface area contributed by atoms with E-state index in [0.717, 1.165) is 17.1 Å². The molecule has 102 valence electrons. The topological polar surface area (TPSA) is 85.0 Å². The zero-order valence-electron chi connectivity index (χ0n) is 11.2. The first-order valence-electron chi connectivity index (χ1n) is 5.96. The van der Waals surface area contributed by atoms with Crippen LogP contribution in [0.5, 0.6) is 0 Å². The van der Waals surface area contributed by atoms with E-state index in [4.69, 9.17) is 4.42 Å². The molecule has 2 amide bonds. The minimum Gasteiger partial charge on any atom is -0.466 e. The molecule has 0 aliphatic carbocycles. The van der Waals surface area contributed by atoms with Gasteiger partial charge in [-0.15, -0.1) is 0 Å². The number of hydrogen-bond donors (Lipinski definition) is 2. The van der Waals surface area contributed by atoms with E-state index < -0.39 is 0 Å². The van der Waals surface area contributed by atoms with Crippen LogP contribution >= 0.6 is 0 Å². The van der Waals surface area contributed by atoms with Crippen LogP contribution in [0, 0.1) is 13.8 Å². The minimum atomic E-state index is -0.249. The van der Waals surface area contributed by atoms with Gasteiger partial charge in [-0.1, -0.05) is 0 Å². The summed E-state index contributed by atoms with van der Waals surface area (Å²) in [4.78, 5) is 15.6. The lowest BCUT2D eigenvalue weighted by atomic mass is 10.2. The fourth-order valence-electron chi connectivity index (χ4n) is 1.74. The maximum Gasteiger partial charge on any atom is 0.315 e. The minimum absolute atomic E-state index is 0.249. The molecule has 2 N–H and O–H groups in total. The first kappa shape index (κ1) is 13.1. The Balaban J connectivity index is 1.79. The number of nitrogens with one attached hydrogen (secondary N) is 2. The van der Waals surface area contributed by atoms with E-state index in [1.807, 2.05) is 19.9 Å². The maximum atomic E-state index is 11.6. The van der Waals surface area contributed by atoms with Crippen molar-refractivity contribution in [3.63, 3.8) is 0 Å². The van der Waals surface area contributed by atoms with Gasteiger partial charge in [0.1, 0.15) is 23.7 Å². The molecule has 19 heavy (non-hydrogen) atoms. The highest BCUT2D eigenvalue weighted by Gasteiger charge is 2.07. The molecule has 0 aromatic carbocycles. The summed E-state index contributed by atoms with van der Waals surface area (Å²) < 4.78 is 7.00. The molecule has 0 aliphatic rings. The first-order valence-corrected chi connectivity index (χ1v) is 5.96. The molecule has 0 bridgehead atoms. The highest BCUT2D eigenvalue weighted by atomic mass is 16.3. The number of nitrogens with zero attached hydrogens (tertiary/aromatic N) is 3. The lowest BCUT2D eigenvalue weighted by Crippen LogP contribution is -2.35. The Morgan fingerprint density at radius 3 is 2.68 bits per heavy atom. The first-order chi connectivity index (χ1) is 9.06. The van der Waals surface area contributed by atoms with Crippen molar-refractivity contribution in [3.05, 3.63) is 35.3 Å². The van der Waals surface area contributed by atoms with Gasteiger partial charge in [0, 0.05) is 19.2 Å². The van der Waals surface area contributed by atoms with Gasteiger partial charge in [0.05, 0.1) is 6.54 Å². The van der Waals surface area contributed by atoms with Crippen molar-refractivity contribution in [1.82, 2.24) is 25.4 Å². The maximum absolute atomic E-state index is 11.6. The zero-order valence-corrected chi connectivity index (χ0v) is 11.2. The summed E-state index contributed by atoms with van der Waals surface area (Å²) in [5.74, 6) is 2.37. The number of aromatic nitrogens is 3. The van der Waals surface area contributed by atoms with Gasteiger partial charge in [-0.3, -0.25) is 4.68 Å². The summed E-state index contributed by atoms with van der Waals surface area (Å²) in [5.41, 5.74) is 0.978. The summed E-state index contributed by atoms with van der Waals surface area (Å²) in [5, 5.41) is 9.41. The largest absolute Gasteiger partial charge is 0.466 e. The van der Waals surface area contributed by atoms with Gasteiger partial charge in [-0.2, -0.15) is 5.10 Å². The van der Waals surface area contributed by atoms with E-state index in [0.29, 0.717) is 18.9 Å². The molecule has 0 spiro atoms. The van der Waals surface area contributed by atoms with Crippen LogP contribution in [0.1, 0.15) is 22.9 Å². The Hall–Kier alpha value is -2.31. The molecule has 7 heteroatoms. The third kappa shape index (κ3) is 3.34. The van der Waals surface area contributed by atoms with Crippen molar-refractivity contribution in [2.45, 2.75) is 26.9 Å². The van der Waals surface area contributed by atoms with Gasteiger partial charge >= 0.3 is 6.03 Å². The third-order valence-corrected chi connectivity index (χ3v) is 2.80. The Morgan fingerprint density at radius 2 is 2.11 bits per heavy atom. The van der Waals surface area contributed by atoms with Crippen molar-refractivity contribution < 1.29 is 9.21 Å².